The molecule has 13 aromatic rings. The number of nitrogens with zero attached hydrogens (tertiary/aromatic N) is 1. The lowest BCUT2D eigenvalue weighted by Crippen LogP contribution is -2.28. The summed E-state index contributed by atoms with van der Waals surface area (Å²) >= 11 is 0. The zero-order valence-corrected chi connectivity index (χ0v) is 38.1. The van der Waals surface area contributed by atoms with E-state index in [0.717, 1.165) is 94.3 Å². The van der Waals surface area contributed by atoms with Gasteiger partial charge < -0.3 is 13.7 Å². The third-order valence-electron chi connectivity index (χ3n) is 14.6. The average Bonchev–Trinajstić information content (AvgIpc) is 4.10. The Morgan fingerprint density at radius 2 is 0.743 bits per heavy atom. The van der Waals surface area contributed by atoms with Crippen LogP contribution in [0.4, 0.5) is 17.1 Å². The highest BCUT2D eigenvalue weighted by Gasteiger charge is 2.46. The molecule has 0 atom stereocenters. The van der Waals surface area contributed by atoms with E-state index in [-0.39, 0.29) is 0 Å². The van der Waals surface area contributed by atoms with Crippen molar-refractivity contribution in [3.63, 3.8) is 0 Å². The van der Waals surface area contributed by atoms with Gasteiger partial charge in [0.05, 0.1) is 5.41 Å². The van der Waals surface area contributed by atoms with Crippen LogP contribution in [-0.4, -0.2) is 0 Å². The molecule has 1 aliphatic rings. The van der Waals surface area contributed by atoms with Crippen molar-refractivity contribution in [2.75, 3.05) is 4.90 Å². The monoisotopic (exact) mass is 893 g/mol. The topological polar surface area (TPSA) is 29.5 Å². The normalized spacial score (nSPS) is 12.7. The summed E-state index contributed by atoms with van der Waals surface area (Å²) in [5.74, 6) is 0. The number of rotatable bonds is 8. The van der Waals surface area contributed by atoms with E-state index in [1.165, 1.54) is 33.4 Å². The quantitative estimate of drug-likeness (QED) is 0.152. The second-order valence-electron chi connectivity index (χ2n) is 18.4. The molecule has 2 heterocycles. The van der Waals surface area contributed by atoms with E-state index >= 15 is 0 Å². The lowest BCUT2D eigenvalue weighted by atomic mass is 9.68. The Morgan fingerprint density at radius 1 is 0.271 bits per heavy atom. The minimum atomic E-state index is -0.476. The Kier molecular flexibility index (Phi) is 9.11. The van der Waals surface area contributed by atoms with Gasteiger partial charge in [0.25, 0.3) is 0 Å². The summed E-state index contributed by atoms with van der Waals surface area (Å²) in [7, 11) is 0. The minimum absolute atomic E-state index is 0.476. The summed E-state index contributed by atoms with van der Waals surface area (Å²) in [4.78, 5) is 2.39. The highest BCUT2D eigenvalue weighted by atomic mass is 16.3. The number of hydrogen-bond acceptors (Lipinski definition) is 3. The van der Waals surface area contributed by atoms with Gasteiger partial charge in [0.1, 0.15) is 22.3 Å². The summed E-state index contributed by atoms with van der Waals surface area (Å²) in [5.41, 5.74) is 20.7. The number of furan rings is 2. The largest absolute Gasteiger partial charge is 0.456 e. The molecule has 328 valence electrons. The van der Waals surface area contributed by atoms with Gasteiger partial charge in [-0.15, -0.1) is 0 Å². The lowest BCUT2D eigenvalue weighted by molar-refractivity contribution is 0.669. The van der Waals surface area contributed by atoms with E-state index in [1.54, 1.807) is 0 Å². The first-order chi connectivity index (χ1) is 34.7. The Bertz CT molecular complexity index is 4050. The number of para-hydroxylation sites is 3. The standard InChI is InChI=1S/C67H43NO2/c1-3-14-49(15-4-1)67(50-16-5-2-6-17-50)61-23-10-7-18-55(61)60-43-53(39-41-62(60)67)68(52-37-32-46(33-38-52)48-34-40-58-56-19-8-11-24-63(56)69-65(58)42-48)51-35-30-45(31-36-51)44-26-28-47(29-27-44)54-21-13-22-59-57-20-9-12-25-64(57)70-66(54)59/h1-43H. The van der Waals surface area contributed by atoms with Crippen molar-refractivity contribution in [1.82, 2.24) is 0 Å². The number of anilines is 3. The second-order valence-corrected chi connectivity index (χ2v) is 18.4. The Balaban J connectivity index is 0.872. The van der Waals surface area contributed by atoms with Crippen molar-refractivity contribution in [2.24, 2.45) is 0 Å². The van der Waals surface area contributed by atoms with Crippen LogP contribution in [0, 0.1) is 0 Å². The molecule has 0 N–H and O–H groups in total. The third kappa shape index (κ3) is 6.22. The fourth-order valence-corrected chi connectivity index (χ4v) is 11.4. The highest BCUT2D eigenvalue weighted by Crippen LogP contribution is 2.57. The van der Waals surface area contributed by atoms with Crippen LogP contribution in [0.15, 0.2) is 270 Å². The van der Waals surface area contributed by atoms with E-state index in [2.05, 4.69) is 241 Å². The predicted octanol–water partition coefficient (Wildman–Crippen LogP) is 18.3. The molecule has 11 aromatic carbocycles. The minimum Gasteiger partial charge on any atom is -0.456 e. The Labute approximate surface area is 405 Å². The molecule has 0 saturated carbocycles. The van der Waals surface area contributed by atoms with Gasteiger partial charge in [-0.3, -0.25) is 0 Å². The van der Waals surface area contributed by atoms with Gasteiger partial charge in [-0.25, -0.2) is 0 Å². The van der Waals surface area contributed by atoms with Gasteiger partial charge >= 0.3 is 0 Å². The molecule has 0 radical (unpaired) electrons. The van der Waals surface area contributed by atoms with Crippen LogP contribution in [0.25, 0.3) is 88.4 Å². The molecule has 3 nitrogen and oxygen atoms in total. The van der Waals surface area contributed by atoms with Crippen LogP contribution in [0.1, 0.15) is 22.3 Å². The fourth-order valence-electron chi connectivity index (χ4n) is 11.4. The summed E-state index contributed by atoms with van der Waals surface area (Å²) in [6.07, 6.45) is 0. The predicted molar refractivity (Wildman–Crippen MR) is 289 cm³/mol. The number of benzene rings is 11. The molecular weight excluding hydrogens is 851 g/mol. The molecule has 0 saturated heterocycles. The Hall–Kier alpha value is -9.18. The van der Waals surface area contributed by atoms with Crippen LogP contribution in [-0.2, 0) is 5.41 Å². The highest BCUT2D eigenvalue weighted by molar-refractivity contribution is 6.10. The Morgan fingerprint density at radius 3 is 1.43 bits per heavy atom. The maximum atomic E-state index is 6.40. The first-order valence-electron chi connectivity index (χ1n) is 24.0. The summed E-state index contributed by atoms with van der Waals surface area (Å²) < 4.78 is 12.7. The van der Waals surface area contributed by atoms with Gasteiger partial charge in [0.2, 0.25) is 0 Å². The van der Waals surface area contributed by atoms with E-state index < -0.39 is 5.41 Å². The van der Waals surface area contributed by atoms with E-state index in [0.29, 0.717) is 0 Å². The van der Waals surface area contributed by atoms with Crippen molar-refractivity contribution >= 4 is 60.9 Å². The molecule has 14 rings (SSSR count). The molecule has 70 heavy (non-hydrogen) atoms. The lowest BCUT2D eigenvalue weighted by Gasteiger charge is -2.34. The SMILES string of the molecule is c1ccc(C2(c3ccccc3)c3ccccc3-c3cc(N(c4ccc(-c5ccc(-c6cccc7c6oc6ccccc67)cc5)cc4)c4ccc(-c5ccc6c(c5)oc5ccccc56)cc4)ccc32)cc1. The summed E-state index contributed by atoms with van der Waals surface area (Å²) in [5, 5.41) is 4.54. The summed E-state index contributed by atoms with van der Waals surface area (Å²) in [6.45, 7) is 0. The molecule has 2 aromatic heterocycles. The molecule has 0 amide bonds. The third-order valence-corrected chi connectivity index (χ3v) is 14.6. The van der Waals surface area contributed by atoms with Crippen LogP contribution >= 0.6 is 0 Å². The van der Waals surface area contributed by atoms with Gasteiger partial charge in [-0.1, -0.05) is 200 Å². The second kappa shape index (κ2) is 16.0. The van der Waals surface area contributed by atoms with Crippen molar-refractivity contribution in [2.45, 2.75) is 5.41 Å². The van der Waals surface area contributed by atoms with E-state index in [4.69, 9.17) is 8.83 Å². The molecule has 0 bridgehead atoms. The van der Waals surface area contributed by atoms with Crippen LogP contribution in [0.5, 0.6) is 0 Å². The van der Waals surface area contributed by atoms with E-state index in [9.17, 15) is 0 Å². The first kappa shape index (κ1) is 39.9. The molecule has 0 fully saturated rings. The van der Waals surface area contributed by atoms with Crippen LogP contribution < -0.4 is 4.90 Å². The first-order valence-corrected chi connectivity index (χ1v) is 24.0. The summed E-state index contributed by atoms with van der Waals surface area (Å²) in [6, 6.07) is 94.3. The molecule has 1 aliphatic carbocycles. The maximum absolute atomic E-state index is 6.40. The number of fused-ring (bicyclic) bond motifs is 9. The zero-order chi connectivity index (χ0) is 46.2. The maximum Gasteiger partial charge on any atom is 0.143 e. The van der Waals surface area contributed by atoms with Crippen molar-refractivity contribution in [1.29, 1.82) is 0 Å². The van der Waals surface area contributed by atoms with Gasteiger partial charge in [0, 0.05) is 44.2 Å². The van der Waals surface area contributed by atoms with Crippen LogP contribution in [0.3, 0.4) is 0 Å². The van der Waals surface area contributed by atoms with Crippen molar-refractivity contribution in [3.05, 3.63) is 283 Å². The van der Waals surface area contributed by atoms with Gasteiger partial charge in [0.15, 0.2) is 0 Å². The molecule has 3 heteroatoms. The molecular formula is C67H43NO2. The number of hydrogen-bond donors (Lipinski definition) is 0. The van der Waals surface area contributed by atoms with Crippen LogP contribution in [0.2, 0.25) is 0 Å². The van der Waals surface area contributed by atoms with E-state index in [1.807, 2.05) is 24.3 Å². The molecule has 0 spiro atoms. The fraction of sp³-hybridized carbons (Fsp3) is 0.0149. The smallest absolute Gasteiger partial charge is 0.143 e. The van der Waals surface area contributed by atoms with Gasteiger partial charge in [-0.05, 0) is 122 Å². The van der Waals surface area contributed by atoms with Crippen molar-refractivity contribution in [3.8, 4) is 44.5 Å². The zero-order valence-electron chi connectivity index (χ0n) is 38.1. The molecule has 0 unspecified atom stereocenters. The van der Waals surface area contributed by atoms with Gasteiger partial charge in [-0.2, -0.15) is 0 Å². The average molecular weight is 894 g/mol. The van der Waals surface area contributed by atoms with Crippen molar-refractivity contribution < 1.29 is 8.83 Å². The molecule has 0 aliphatic heterocycles.